The van der Waals surface area contributed by atoms with Crippen LogP contribution in [0.15, 0.2) is 42.9 Å². The number of alkyl carbamates (subject to hydrolysis) is 1. The molecule has 0 spiro atoms. The van der Waals surface area contributed by atoms with Gasteiger partial charge in [-0.25, -0.2) is 19.6 Å². The molecule has 37 heavy (non-hydrogen) atoms. The van der Waals surface area contributed by atoms with E-state index in [1.165, 1.54) is 5.06 Å². The topological polar surface area (TPSA) is 102 Å². The molecule has 0 bridgehead atoms. The summed E-state index contributed by atoms with van der Waals surface area (Å²) in [7, 11) is 0. The van der Waals surface area contributed by atoms with Crippen LogP contribution in [0, 0.1) is 5.41 Å². The van der Waals surface area contributed by atoms with Crippen LogP contribution in [0.4, 0.5) is 10.6 Å². The van der Waals surface area contributed by atoms with Crippen LogP contribution in [-0.2, 0) is 20.9 Å². The van der Waals surface area contributed by atoms with Crippen molar-refractivity contribution in [2.24, 2.45) is 5.41 Å². The minimum absolute atomic E-state index is 0.240. The molecule has 1 aromatic carbocycles. The highest BCUT2D eigenvalue weighted by Crippen LogP contribution is 2.31. The lowest BCUT2D eigenvalue weighted by Gasteiger charge is -2.31. The van der Waals surface area contributed by atoms with E-state index in [1.807, 2.05) is 38.3 Å². The van der Waals surface area contributed by atoms with Crippen molar-refractivity contribution in [1.82, 2.24) is 19.9 Å². The van der Waals surface area contributed by atoms with Crippen LogP contribution in [0.2, 0.25) is 10.0 Å². The molecule has 1 unspecified atom stereocenters. The Hall–Kier alpha value is -2.88. The first-order valence-corrected chi connectivity index (χ1v) is 13.0. The second-order valence-electron chi connectivity index (χ2n) is 10.1. The number of unbranched alkanes of at least 4 members (excludes halogenated alkanes) is 1. The Balaban J connectivity index is 1.45. The number of amides is 1. The van der Waals surface area contributed by atoms with Gasteiger partial charge in [-0.2, -0.15) is 5.06 Å². The molecule has 3 heterocycles. The molecule has 1 N–H and O–H groups in total. The van der Waals surface area contributed by atoms with Gasteiger partial charge in [-0.1, -0.05) is 69.8 Å². The van der Waals surface area contributed by atoms with Crippen molar-refractivity contribution in [3.05, 3.63) is 52.9 Å². The summed E-state index contributed by atoms with van der Waals surface area (Å²) in [5.74, 6) is 0.301. The number of carbonyl (C=O) groups is 2. The maximum absolute atomic E-state index is 13.2. The summed E-state index contributed by atoms with van der Waals surface area (Å²) < 4.78 is 7.76. The molecule has 0 aliphatic carbocycles. The zero-order valence-corrected chi connectivity index (χ0v) is 22.8. The van der Waals surface area contributed by atoms with E-state index in [0.717, 1.165) is 18.4 Å². The van der Waals surface area contributed by atoms with E-state index in [1.54, 1.807) is 36.8 Å². The van der Waals surface area contributed by atoms with Crippen molar-refractivity contribution in [2.75, 3.05) is 5.06 Å². The first-order valence-electron chi connectivity index (χ1n) is 12.3. The van der Waals surface area contributed by atoms with E-state index < -0.39 is 29.9 Å². The molecule has 3 atom stereocenters. The fourth-order valence-electron chi connectivity index (χ4n) is 3.94. The molecule has 1 saturated heterocycles. The zero-order valence-electron chi connectivity index (χ0n) is 21.3. The van der Waals surface area contributed by atoms with Crippen LogP contribution in [0.25, 0.3) is 11.0 Å². The number of Topliss-reactive ketones (excluding diaryl/α,β-unsaturated/α-hetero) is 1. The van der Waals surface area contributed by atoms with E-state index in [4.69, 9.17) is 32.8 Å². The Labute approximate surface area is 226 Å². The minimum Gasteiger partial charge on any atom is -0.444 e. The number of benzene rings is 1. The lowest BCUT2D eigenvalue weighted by molar-refractivity contribution is -0.122. The second kappa shape index (κ2) is 11.2. The summed E-state index contributed by atoms with van der Waals surface area (Å²) in [6.45, 7) is 8.32. The van der Waals surface area contributed by atoms with Crippen molar-refractivity contribution < 1.29 is 19.2 Å². The third kappa shape index (κ3) is 6.52. The lowest BCUT2D eigenvalue weighted by Crippen LogP contribution is -2.46. The van der Waals surface area contributed by atoms with Crippen LogP contribution in [0.3, 0.4) is 0 Å². The first kappa shape index (κ1) is 27.2. The predicted molar refractivity (Wildman–Crippen MR) is 143 cm³/mol. The van der Waals surface area contributed by atoms with Gasteiger partial charge in [-0.3, -0.25) is 4.79 Å². The standard InChI is InChI=1S/C26H31Cl2N5O4/c1-5-6-9-18(23(34)24-33(37-24)22-10-7-8-11-29-22)31-25(35)36-21(26(2,3)4)14-32-15-30-19-12-16(27)17(28)13-20(19)32/h7-8,10-13,15,18,21,24H,5-6,9,14H2,1-4H3,(H,31,35)/t18-,21+,24?,33?/m0/s1. The van der Waals surface area contributed by atoms with Gasteiger partial charge in [0, 0.05) is 11.6 Å². The summed E-state index contributed by atoms with van der Waals surface area (Å²) in [5, 5.41) is 5.06. The van der Waals surface area contributed by atoms with Gasteiger partial charge < -0.3 is 14.6 Å². The van der Waals surface area contributed by atoms with Crippen LogP contribution < -0.4 is 10.4 Å². The SMILES string of the molecule is CCCC[C@H](NC(=O)O[C@H](Cn1cnc2cc(Cl)c(Cl)cc21)C(C)(C)C)C(=O)C1ON1c1ccccn1. The monoisotopic (exact) mass is 547 g/mol. The van der Waals surface area contributed by atoms with E-state index in [-0.39, 0.29) is 5.78 Å². The Kier molecular flexibility index (Phi) is 8.26. The lowest BCUT2D eigenvalue weighted by atomic mass is 9.89. The number of carbonyl (C=O) groups excluding carboxylic acids is 2. The van der Waals surface area contributed by atoms with Gasteiger partial charge >= 0.3 is 6.09 Å². The molecule has 1 amide bonds. The van der Waals surface area contributed by atoms with Crippen molar-refractivity contribution in [3.63, 3.8) is 0 Å². The maximum Gasteiger partial charge on any atom is 0.408 e. The van der Waals surface area contributed by atoms with E-state index in [9.17, 15) is 9.59 Å². The number of fused-ring (bicyclic) bond motifs is 1. The number of halogens is 2. The summed E-state index contributed by atoms with van der Waals surface area (Å²) in [6.07, 6.45) is 3.44. The number of ether oxygens (including phenoxy) is 1. The number of aromatic nitrogens is 3. The van der Waals surface area contributed by atoms with Crippen molar-refractivity contribution >= 4 is 51.9 Å². The average molecular weight is 548 g/mol. The first-order chi connectivity index (χ1) is 17.6. The quantitative estimate of drug-likeness (QED) is 0.320. The highest BCUT2D eigenvalue weighted by molar-refractivity contribution is 6.42. The fraction of sp³-hybridized carbons (Fsp3) is 0.462. The molecule has 1 aliphatic rings. The van der Waals surface area contributed by atoms with Crippen LogP contribution >= 0.6 is 23.2 Å². The van der Waals surface area contributed by atoms with E-state index >= 15 is 0 Å². The van der Waals surface area contributed by atoms with Crippen molar-refractivity contribution in [3.8, 4) is 0 Å². The van der Waals surface area contributed by atoms with Gasteiger partial charge in [-0.15, -0.1) is 0 Å². The molecule has 3 aromatic rings. The van der Waals surface area contributed by atoms with Crippen molar-refractivity contribution in [1.29, 1.82) is 0 Å². The van der Waals surface area contributed by atoms with Gasteiger partial charge in [0.15, 0.2) is 5.82 Å². The highest BCUT2D eigenvalue weighted by Gasteiger charge is 2.47. The number of hydrogen-bond acceptors (Lipinski definition) is 7. The smallest absolute Gasteiger partial charge is 0.408 e. The van der Waals surface area contributed by atoms with Gasteiger partial charge in [0.25, 0.3) is 0 Å². The fourth-order valence-corrected chi connectivity index (χ4v) is 4.26. The molecule has 0 saturated carbocycles. The molecule has 198 valence electrons. The Morgan fingerprint density at radius 1 is 1.19 bits per heavy atom. The molecule has 1 aliphatic heterocycles. The van der Waals surface area contributed by atoms with Gasteiger partial charge in [0.1, 0.15) is 6.10 Å². The van der Waals surface area contributed by atoms with E-state index in [0.29, 0.717) is 34.3 Å². The predicted octanol–water partition coefficient (Wildman–Crippen LogP) is 5.78. The number of imidazole rings is 1. The Morgan fingerprint density at radius 2 is 1.95 bits per heavy atom. The van der Waals surface area contributed by atoms with E-state index in [2.05, 4.69) is 15.3 Å². The number of nitrogens with zero attached hydrogens (tertiary/aromatic N) is 4. The third-order valence-electron chi connectivity index (χ3n) is 6.22. The number of hydroxylamine groups is 1. The van der Waals surface area contributed by atoms with Crippen LogP contribution in [0.5, 0.6) is 0 Å². The molecule has 2 aromatic heterocycles. The minimum atomic E-state index is -0.788. The summed E-state index contributed by atoms with van der Waals surface area (Å²) in [6, 6.07) is 8.05. The molecule has 4 rings (SSSR count). The van der Waals surface area contributed by atoms with Gasteiger partial charge in [-0.05, 0) is 30.7 Å². The molecule has 9 nitrogen and oxygen atoms in total. The Morgan fingerprint density at radius 3 is 2.62 bits per heavy atom. The summed E-state index contributed by atoms with van der Waals surface area (Å²) in [4.78, 5) is 40.3. The molecule has 0 radical (unpaired) electrons. The summed E-state index contributed by atoms with van der Waals surface area (Å²) in [5.41, 5.74) is 1.07. The number of anilines is 1. The van der Waals surface area contributed by atoms with Crippen LogP contribution in [0.1, 0.15) is 47.0 Å². The number of ketones is 1. The highest BCUT2D eigenvalue weighted by atomic mass is 35.5. The second-order valence-corrected chi connectivity index (χ2v) is 10.9. The zero-order chi connectivity index (χ0) is 26.7. The van der Waals surface area contributed by atoms with Crippen LogP contribution in [-0.4, -0.2) is 44.8 Å². The molecular weight excluding hydrogens is 517 g/mol. The molecule has 1 fully saturated rings. The summed E-state index contributed by atoms with van der Waals surface area (Å²) >= 11 is 12.3. The number of pyridine rings is 1. The maximum atomic E-state index is 13.2. The van der Waals surface area contributed by atoms with Gasteiger partial charge in [0.05, 0.1) is 40.0 Å². The number of nitrogens with one attached hydrogen (secondary N) is 1. The normalized spacial score (nSPS) is 16.9. The van der Waals surface area contributed by atoms with Crippen molar-refractivity contribution in [2.45, 2.75) is 71.9 Å². The molecule has 11 heteroatoms. The number of rotatable bonds is 10. The largest absolute Gasteiger partial charge is 0.444 e. The average Bonchev–Trinajstić information content (AvgIpc) is 3.58. The third-order valence-corrected chi connectivity index (χ3v) is 6.94. The number of hydrogen-bond donors (Lipinski definition) is 1. The Bertz CT molecular complexity index is 1260. The van der Waals surface area contributed by atoms with Gasteiger partial charge in [0.2, 0.25) is 12.0 Å². The molecular formula is C26H31Cl2N5O4.